The monoisotopic (exact) mass is 245 g/mol. The second-order valence-electron chi connectivity index (χ2n) is 5.73. The van der Waals surface area contributed by atoms with E-state index in [0.29, 0.717) is 6.54 Å². The number of rotatable bonds is 3. The summed E-state index contributed by atoms with van der Waals surface area (Å²) in [4.78, 5) is 6.95. The molecule has 1 aliphatic carbocycles. The molecule has 0 radical (unpaired) electrons. The van der Waals surface area contributed by atoms with Crippen molar-refractivity contribution < 1.29 is 0 Å². The molecule has 1 aromatic heterocycles. The molecule has 3 rings (SSSR count). The molecule has 2 heterocycles. The van der Waals surface area contributed by atoms with E-state index in [4.69, 9.17) is 5.73 Å². The zero-order valence-corrected chi connectivity index (χ0v) is 11.0. The van der Waals surface area contributed by atoms with Crippen molar-refractivity contribution in [3.8, 4) is 0 Å². The first kappa shape index (κ1) is 12.1. The number of aromatic nitrogens is 1. The second kappa shape index (κ2) is 5.37. The molecule has 1 saturated carbocycles. The zero-order chi connectivity index (χ0) is 12.4. The van der Waals surface area contributed by atoms with Crippen LogP contribution in [0.1, 0.15) is 43.4 Å². The third kappa shape index (κ3) is 2.43. The SMILES string of the molecule is NCc1cc(CN2CCC3CCCCC32)ccn1. The largest absolute Gasteiger partial charge is 0.325 e. The summed E-state index contributed by atoms with van der Waals surface area (Å²) in [5.41, 5.74) is 8.04. The molecule has 2 unspecified atom stereocenters. The number of nitrogens with two attached hydrogens (primary N) is 1. The molecule has 0 amide bonds. The van der Waals surface area contributed by atoms with Crippen molar-refractivity contribution in [3.63, 3.8) is 0 Å². The lowest BCUT2D eigenvalue weighted by atomic mass is 9.85. The van der Waals surface area contributed by atoms with Gasteiger partial charge in [-0.2, -0.15) is 0 Å². The van der Waals surface area contributed by atoms with Gasteiger partial charge in [0.2, 0.25) is 0 Å². The Labute approximate surface area is 109 Å². The Balaban J connectivity index is 1.68. The fourth-order valence-electron chi connectivity index (χ4n) is 3.67. The molecule has 3 heteroatoms. The number of hydrogen-bond acceptors (Lipinski definition) is 3. The number of likely N-dealkylation sites (tertiary alicyclic amines) is 1. The van der Waals surface area contributed by atoms with E-state index in [1.165, 1.54) is 44.2 Å². The predicted octanol–water partition coefficient (Wildman–Crippen LogP) is 2.30. The summed E-state index contributed by atoms with van der Waals surface area (Å²) in [6.45, 7) is 2.90. The molecule has 3 nitrogen and oxygen atoms in total. The maximum Gasteiger partial charge on any atom is 0.0542 e. The number of fused-ring (bicyclic) bond motifs is 1. The Bertz CT molecular complexity index is 404. The normalized spacial score (nSPS) is 28.3. The van der Waals surface area contributed by atoms with E-state index >= 15 is 0 Å². The third-order valence-electron chi connectivity index (χ3n) is 4.60. The van der Waals surface area contributed by atoms with Crippen molar-refractivity contribution in [3.05, 3.63) is 29.6 Å². The van der Waals surface area contributed by atoms with Crippen LogP contribution in [0, 0.1) is 5.92 Å². The summed E-state index contributed by atoms with van der Waals surface area (Å²) in [5, 5.41) is 0. The van der Waals surface area contributed by atoms with E-state index < -0.39 is 0 Å². The topological polar surface area (TPSA) is 42.1 Å². The van der Waals surface area contributed by atoms with Gasteiger partial charge in [0.25, 0.3) is 0 Å². The predicted molar refractivity (Wildman–Crippen MR) is 72.9 cm³/mol. The first-order chi connectivity index (χ1) is 8.86. The highest BCUT2D eigenvalue weighted by atomic mass is 15.2. The quantitative estimate of drug-likeness (QED) is 0.888. The zero-order valence-electron chi connectivity index (χ0n) is 11.0. The molecule has 1 aliphatic heterocycles. The van der Waals surface area contributed by atoms with Crippen molar-refractivity contribution >= 4 is 0 Å². The summed E-state index contributed by atoms with van der Waals surface area (Å²) in [5.74, 6) is 0.967. The van der Waals surface area contributed by atoms with Gasteiger partial charge in [0.1, 0.15) is 0 Å². The standard InChI is InChI=1S/C15H23N3/c16-10-14-9-12(5-7-17-14)11-18-8-6-13-3-1-2-4-15(13)18/h5,7,9,13,15H,1-4,6,8,10-11,16H2. The van der Waals surface area contributed by atoms with Gasteiger partial charge in [-0.3, -0.25) is 9.88 Å². The first-order valence-corrected chi connectivity index (χ1v) is 7.25. The molecule has 1 saturated heterocycles. The van der Waals surface area contributed by atoms with Crippen LogP contribution in [0.3, 0.4) is 0 Å². The Hall–Kier alpha value is -0.930. The lowest BCUT2D eigenvalue weighted by Crippen LogP contribution is -2.34. The van der Waals surface area contributed by atoms with Crippen LogP contribution in [0.25, 0.3) is 0 Å². The lowest BCUT2D eigenvalue weighted by Gasteiger charge is -2.31. The van der Waals surface area contributed by atoms with Gasteiger partial charge in [0.05, 0.1) is 5.69 Å². The Kier molecular flexibility index (Phi) is 3.62. The summed E-state index contributed by atoms with van der Waals surface area (Å²) in [7, 11) is 0. The van der Waals surface area contributed by atoms with Crippen LogP contribution >= 0.6 is 0 Å². The number of pyridine rings is 1. The Morgan fingerprint density at radius 2 is 2.17 bits per heavy atom. The average Bonchev–Trinajstić information content (AvgIpc) is 2.83. The molecule has 2 aliphatic rings. The summed E-state index contributed by atoms with van der Waals surface area (Å²) >= 11 is 0. The molecule has 0 bridgehead atoms. The maximum absolute atomic E-state index is 5.66. The second-order valence-corrected chi connectivity index (χ2v) is 5.73. The molecule has 0 spiro atoms. The van der Waals surface area contributed by atoms with Crippen molar-refractivity contribution in [2.75, 3.05) is 6.54 Å². The molecular formula is C15H23N3. The van der Waals surface area contributed by atoms with Gasteiger partial charge < -0.3 is 5.73 Å². The minimum atomic E-state index is 0.542. The van der Waals surface area contributed by atoms with Crippen LogP contribution in [-0.2, 0) is 13.1 Å². The average molecular weight is 245 g/mol. The minimum absolute atomic E-state index is 0.542. The molecule has 0 aromatic carbocycles. The number of hydrogen-bond donors (Lipinski definition) is 1. The van der Waals surface area contributed by atoms with Crippen molar-refractivity contribution in [1.82, 2.24) is 9.88 Å². The van der Waals surface area contributed by atoms with Gasteiger partial charge in [-0.1, -0.05) is 12.8 Å². The van der Waals surface area contributed by atoms with Gasteiger partial charge in [-0.25, -0.2) is 0 Å². The van der Waals surface area contributed by atoms with Crippen LogP contribution in [0.2, 0.25) is 0 Å². The molecule has 1 aromatic rings. The van der Waals surface area contributed by atoms with Gasteiger partial charge in [0, 0.05) is 25.3 Å². The molecular weight excluding hydrogens is 222 g/mol. The third-order valence-corrected chi connectivity index (χ3v) is 4.60. The van der Waals surface area contributed by atoms with Crippen molar-refractivity contribution in [1.29, 1.82) is 0 Å². The number of nitrogens with zero attached hydrogens (tertiary/aromatic N) is 2. The van der Waals surface area contributed by atoms with Crippen LogP contribution in [0.5, 0.6) is 0 Å². The van der Waals surface area contributed by atoms with Crippen molar-refractivity contribution in [2.24, 2.45) is 11.7 Å². The van der Waals surface area contributed by atoms with E-state index in [1.54, 1.807) is 0 Å². The van der Waals surface area contributed by atoms with E-state index in [-0.39, 0.29) is 0 Å². The van der Waals surface area contributed by atoms with Gasteiger partial charge in [-0.15, -0.1) is 0 Å². The lowest BCUT2D eigenvalue weighted by molar-refractivity contribution is 0.176. The Morgan fingerprint density at radius 1 is 1.28 bits per heavy atom. The summed E-state index contributed by atoms with van der Waals surface area (Å²) in [6.07, 6.45) is 9.01. The highest BCUT2D eigenvalue weighted by Gasteiger charge is 2.35. The smallest absolute Gasteiger partial charge is 0.0542 e. The first-order valence-electron chi connectivity index (χ1n) is 7.25. The van der Waals surface area contributed by atoms with E-state index in [2.05, 4.69) is 22.0 Å². The van der Waals surface area contributed by atoms with Crippen molar-refractivity contribution in [2.45, 2.75) is 51.2 Å². The fourth-order valence-corrected chi connectivity index (χ4v) is 3.67. The van der Waals surface area contributed by atoms with E-state index in [1.807, 2.05) is 6.20 Å². The van der Waals surface area contributed by atoms with Crippen LogP contribution < -0.4 is 5.73 Å². The van der Waals surface area contributed by atoms with Gasteiger partial charge in [-0.05, 0) is 49.4 Å². The Morgan fingerprint density at radius 3 is 3.06 bits per heavy atom. The molecule has 98 valence electrons. The molecule has 18 heavy (non-hydrogen) atoms. The van der Waals surface area contributed by atoms with Crippen LogP contribution in [0.15, 0.2) is 18.3 Å². The summed E-state index contributed by atoms with van der Waals surface area (Å²) in [6, 6.07) is 5.14. The highest BCUT2D eigenvalue weighted by Crippen LogP contribution is 2.36. The minimum Gasteiger partial charge on any atom is -0.325 e. The molecule has 2 N–H and O–H groups in total. The van der Waals surface area contributed by atoms with Gasteiger partial charge >= 0.3 is 0 Å². The maximum atomic E-state index is 5.66. The fraction of sp³-hybridized carbons (Fsp3) is 0.667. The van der Waals surface area contributed by atoms with Crippen LogP contribution in [0.4, 0.5) is 0 Å². The highest BCUT2D eigenvalue weighted by molar-refractivity contribution is 5.16. The molecule has 2 fully saturated rings. The van der Waals surface area contributed by atoms with Crippen LogP contribution in [-0.4, -0.2) is 22.5 Å². The van der Waals surface area contributed by atoms with E-state index in [9.17, 15) is 0 Å². The van der Waals surface area contributed by atoms with E-state index in [0.717, 1.165) is 24.2 Å². The molecule has 2 atom stereocenters. The van der Waals surface area contributed by atoms with Gasteiger partial charge in [0.15, 0.2) is 0 Å². The summed E-state index contributed by atoms with van der Waals surface area (Å²) < 4.78 is 0.